The maximum Gasteiger partial charge on any atom is 0.271 e. The molecule has 1 aromatic rings. The SMILES string of the molecule is CC(C)CNC(=O)c1ncn2c1CN(C(=O)CC1(O)CCC1)CCC2. The van der Waals surface area contributed by atoms with Gasteiger partial charge in [0.2, 0.25) is 5.91 Å². The molecule has 1 fully saturated rings. The van der Waals surface area contributed by atoms with Gasteiger partial charge in [-0.25, -0.2) is 4.98 Å². The maximum absolute atomic E-state index is 12.6. The third kappa shape index (κ3) is 4.03. The molecule has 0 saturated heterocycles. The summed E-state index contributed by atoms with van der Waals surface area (Å²) in [5.74, 6) is 0.145. The lowest BCUT2D eigenvalue weighted by atomic mass is 9.77. The van der Waals surface area contributed by atoms with Crippen LogP contribution >= 0.6 is 0 Å². The van der Waals surface area contributed by atoms with Crippen LogP contribution in [-0.4, -0.2) is 50.1 Å². The van der Waals surface area contributed by atoms with E-state index in [0.717, 1.165) is 25.1 Å². The Kier molecular flexibility index (Phi) is 5.13. The molecule has 1 aromatic heterocycles. The Labute approximate surface area is 148 Å². The number of aromatic nitrogens is 2. The Balaban J connectivity index is 1.71. The summed E-state index contributed by atoms with van der Waals surface area (Å²) in [4.78, 5) is 31.1. The second kappa shape index (κ2) is 7.15. The summed E-state index contributed by atoms with van der Waals surface area (Å²) in [5.41, 5.74) is 0.372. The van der Waals surface area contributed by atoms with Crippen molar-refractivity contribution in [2.24, 2.45) is 5.92 Å². The Hall–Kier alpha value is -1.89. The molecule has 1 aliphatic heterocycles. The van der Waals surface area contributed by atoms with Crippen LogP contribution in [0.1, 0.15) is 62.1 Å². The number of rotatable bonds is 5. The zero-order chi connectivity index (χ0) is 18.0. The number of aryl methyl sites for hydroxylation is 1. The number of hydrogen-bond acceptors (Lipinski definition) is 4. The predicted molar refractivity (Wildman–Crippen MR) is 92.9 cm³/mol. The fraction of sp³-hybridized carbons (Fsp3) is 0.722. The minimum absolute atomic E-state index is 0.0367. The molecule has 138 valence electrons. The summed E-state index contributed by atoms with van der Waals surface area (Å²) in [6.45, 7) is 6.44. The van der Waals surface area contributed by atoms with Crippen LogP contribution in [0.15, 0.2) is 6.33 Å². The molecule has 1 saturated carbocycles. The fourth-order valence-corrected chi connectivity index (χ4v) is 3.40. The summed E-state index contributed by atoms with van der Waals surface area (Å²) < 4.78 is 1.97. The summed E-state index contributed by atoms with van der Waals surface area (Å²) in [5, 5.41) is 13.2. The molecule has 0 bridgehead atoms. The van der Waals surface area contributed by atoms with Gasteiger partial charge in [-0.15, -0.1) is 0 Å². The highest BCUT2D eigenvalue weighted by molar-refractivity contribution is 5.93. The van der Waals surface area contributed by atoms with Gasteiger partial charge in [0, 0.05) is 19.6 Å². The number of carbonyl (C=O) groups is 2. The predicted octanol–water partition coefficient (Wildman–Crippen LogP) is 1.31. The summed E-state index contributed by atoms with van der Waals surface area (Å²) in [7, 11) is 0. The number of imidazole rings is 1. The molecule has 25 heavy (non-hydrogen) atoms. The molecule has 3 rings (SSSR count). The molecular formula is C18H28N4O3. The normalized spacial score (nSPS) is 19.1. The van der Waals surface area contributed by atoms with Crippen LogP contribution < -0.4 is 5.32 Å². The third-order valence-electron chi connectivity index (χ3n) is 5.12. The first-order chi connectivity index (χ1) is 11.9. The van der Waals surface area contributed by atoms with E-state index < -0.39 is 5.60 Å². The molecule has 1 aliphatic carbocycles. The smallest absolute Gasteiger partial charge is 0.271 e. The van der Waals surface area contributed by atoms with Crippen molar-refractivity contribution in [2.45, 2.75) is 64.6 Å². The van der Waals surface area contributed by atoms with Crippen molar-refractivity contribution in [1.29, 1.82) is 0 Å². The van der Waals surface area contributed by atoms with E-state index in [9.17, 15) is 14.7 Å². The first kappa shape index (κ1) is 17.9. The zero-order valence-electron chi connectivity index (χ0n) is 15.1. The maximum atomic E-state index is 12.6. The average Bonchev–Trinajstić information content (AvgIpc) is 2.80. The van der Waals surface area contributed by atoms with E-state index in [-0.39, 0.29) is 18.2 Å². The van der Waals surface area contributed by atoms with Gasteiger partial charge in [-0.2, -0.15) is 0 Å². The molecule has 2 aliphatic rings. The van der Waals surface area contributed by atoms with E-state index in [1.54, 1.807) is 11.2 Å². The standard InChI is InChI=1S/C18H28N4O3/c1-13(2)10-19-17(24)16-14-11-21(7-4-8-22(14)12-20-16)15(23)9-18(25)5-3-6-18/h12-13,25H,3-11H2,1-2H3,(H,19,24). The lowest BCUT2D eigenvalue weighted by Gasteiger charge is -2.37. The van der Waals surface area contributed by atoms with E-state index in [1.165, 1.54) is 0 Å². The number of amides is 2. The molecule has 2 heterocycles. The van der Waals surface area contributed by atoms with Gasteiger partial charge in [-0.1, -0.05) is 13.8 Å². The average molecular weight is 348 g/mol. The van der Waals surface area contributed by atoms with Crippen molar-refractivity contribution in [3.05, 3.63) is 17.7 Å². The molecule has 0 atom stereocenters. The van der Waals surface area contributed by atoms with Crippen LogP contribution in [0.2, 0.25) is 0 Å². The molecule has 0 aromatic carbocycles. The lowest BCUT2D eigenvalue weighted by molar-refractivity contribution is -0.141. The third-order valence-corrected chi connectivity index (χ3v) is 5.12. The van der Waals surface area contributed by atoms with Gasteiger partial charge in [0.25, 0.3) is 5.91 Å². The van der Waals surface area contributed by atoms with Crippen molar-refractivity contribution >= 4 is 11.8 Å². The molecule has 7 heteroatoms. The van der Waals surface area contributed by atoms with Crippen LogP contribution in [0, 0.1) is 5.92 Å². The molecule has 2 N–H and O–H groups in total. The number of nitrogens with one attached hydrogen (secondary N) is 1. The van der Waals surface area contributed by atoms with E-state index in [4.69, 9.17) is 0 Å². The van der Waals surface area contributed by atoms with Gasteiger partial charge in [-0.3, -0.25) is 9.59 Å². The topological polar surface area (TPSA) is 87.5 Å². The van der Waals surface area contributed by atoms with Crippen LogP contribution in [0.5, 0.6) is 0 Å². The van der Waals surface area contributed by atoms with Crippen LogP contribution in [0.3, 0.4) is 0 Å². The minimum atomic E-state index is -0.818. The number of aliphatic hydroxyl groups is 1. The molecule has 0 unspecified atom stereocenters. The number of hydrogen-bond donors (Lipinski definition) is 2. The largest absolute Gasteiger partial charge is 0.389 e. The quantitative estimate of drug-likeness (QED) is 0.840. The number of fused-ring (bicyclic) bond motifs is 1. The van der Waals surface area contributed by atoms with Crippen molar-refractivity contribution < 1.29 is 14.7 Å². The van der Waals surface area contributed by atoms with Gasteiger partial charge < -0.3 is 19.9 Å². The van der Waals surface area contributed by atoms with E-state index in [1.807, 2.05) is 18.4 Å². The fourth-order valence-electron chi connectivity index (χ4n) is 3.40. The van der Waals surface area contributed by atoms with E-state index in [0.29, 0.717) is 44.1 Å². The second-order valence-corrected chi connectivity index (χ2v) is 7.76. The summed E-state index contributed by atoms with van der Waals surface area (Å²) in [6, 6.07) is 0. The Morgan fingerprint density at radius 3 is 2.72 bits per heavy atom. The molecule has 0 radical (unpaired) electrons. The van der Waals surface area contributed by atoms with Crippen molar-refractivity contribution in [3.8, 4) is 0 Å². The Bertz CT molecular complexity index is 649. The minimum Gasteiger partial charge on any atom is -0.389 e. The first-order valence-corrected chi connectivity index (χ1v) is 9.20. The molecule has 0 spiro atoms. The highest BCUT2D eigenvalue weighted by atomic mass is 16.3. The van der Waals surface area contributed by atoms with Gasteiger partial charge in [0.15, 0.2) is 5.69 Å². The summed E-state index contributed by atoms with van der Waals surface area (Å²) in [6.07, 6.45) is 5.07. The van der Waals surface area contributed by atoms with Gasteiger partial charge in [0.05, 0.1) is 30.6 Å². The van der Waals surface area contributed by atoms with Crippen molar-refractivity contribution in [2.75, 3.05) is 13.1 Å². The Morgan fingerprint density at radius 1 is 1.32 bits per heavy atom. The highest BCUT2D eigenvalue weighted by Gasteiger charge is 2.38. The lowest BCUT2D eigenvalue weighted by Crippen LogP contribution is -2.43. The number of nitrogens with zero attached hydrogens (tertiary/aromatic N) is 3. The second-order valence-electron chi connectivity index (χ2n) is 7.76. The zero-order valence-corrected chi connectivity index (χ0v) is 15.1. The monoisotopic (exact) mass is 348 g/mol. The molecule has 2 amide bonds. The van der Waals surface area contributed by atoms with E-state index >= 15 is 0 Å². The van der Waals surface area contributed by atoms with Crippen LogP contribution in [0.4, 0.5) is 0 Å². The first-order valence-electron chi connectivity index (χ1n) is 9.20. The van der Waals surface area contributed by atoms with Crippen LogP contribution in [0.25, 0.3) is 0 Å². The summed E-state index contributed by atoms with van der Waals surface area (Å²) >= 11 is 0. The highest BCUT2D eigenvalue weighted by Crippen LogP contribution is 2.35. The van der Waals surface area contributed by atoms with Crippen molar-refractivity contribution in [1.82, 2.24) is 19.8 Å². The van der Waals surface area contributed by atoms with E-state index in [2.05, 4.69) is 10.3 Å². The van der Waals surface area contributed by atoms with Gasteiger partial charge in [-0.05, 0) is 31.6 Å². The van der Waals surface area contributed by atoms with Crippen molar-refractivity contribution in [3.63, 3.8) is 0 Å². The van der Waals surface area contributed by atoms with Gasteiger partial charge >= 0.3 is 0 Å². The molecule has 7 nitrogen and oxygen atoms in total. The number of carbonyl (C=O) groups excluding carboxylic acids is 2. The van der Waals surface area contributed by atoms with Crippen LogP contribution in [-0.2, 0) is 17.9 Å². The molecular weight excluding hydrogens is 320 g/mol. The van der Waals surface area contributed by atoms with Gasteiger partial charge in [0.1, 0.15) is 0 Å². The Morgan fingerprint density at radius 2 is 2.08 bits per heavy atom.